The van der Waals surface area contributed by atoms with E-state index in [-0.39, 0.29) is 18.8 Å². The van der Waals surface area contributed by atoms with Crippen LogP contribution in [0.25, 0.3) is 0 Å². The molecule has 12 heteroatoms. The van der Waals surface area contributed by atoms with E-state index in [4.69, 9.17) is 4.74 Å². The van der Waals surface area contributed by atoms with E-state index >= 15 is 0 Å². The number of urea groups is 1. The summed E-state index contributed by atoms with van der Waals surface area (Å²) in [4.78, 5) is 14.0. The van der Waals surface area contributed by atoms with Crippen LogP contribution in [-0.4, -0.2) is 71.5 Å². The molecule has 0 bridgehead atoms. The molecule has 2 amide bonds. The van der Waals surface area contributed by atoms with E-state index in [0.29, 0.717) is 38.4 Å². The van der Waals surface area contributed by atoms with Gasteiger partial charge in [0.1, 0.15) is 0 Å². The Labute approximate surface area is 168 Å². The summed E-state index contributed by atoms with van der Waals surface area (Å²) in [5.41, 5.74) is -0.333. The van der Waals surface area contributed by atoms with Crippen molar-refractivity contribution in [3.8, 4) is 0 Å². The number of ether oxygens (including phenoxy) is 1. The van der Waals surface area contributed by atoms with E-state index in [1.165, 1.54) is 13.1 Å². The van der Waals surface area contributed by atoms with Gasteiger partial charge in [0.05, 0.1) is 36.4 Å². The molecule has 0 aromatic heterocycles. The smallest absolute Gasteiger partial charge is 0.378 e. The summed E-state index contributed by atoms with van der Waals surface area (Å²) in [5, 5.41) is 5.00. The van der Waals surface area contributed by atoms with Gasteiger partial charge >= 0.3 is 12.2 Å². The number of anilines is 2. The number of carbonyl (C=O) groups excluding carboxylic acids is 1. The van der Waals surface area contributed by atoms with Crippen LogP contribution in [-0.2, 0) is 20.9 Å². The van der Waals surface area contributed by atoms with Crippen molar-refractivity contribution < 1.29 is 31.1 Å². The van der Waals surface area contributed by atoms with Crippen molar-refractivity contribution in [3.63, 3.8) is 0 Å². The van der Waals surface area contributed by atoms with Crippen molar-refractivity contribution in [2.45, 2.75) is 12.6 Å². The Hall–Kier alpha value is -2.05. The second-order valence-corrected chi connectivity index (χ2v) is 8.74. The van der Waals surface area contributed by atoms with E-state index < -0.39 is 27.8 Å². The van der Waals surface area contributed by atoms with Gasteiger partial charge in [-0.2, -0.15) is 13.2 Å². The Bertz CT molecular complexity index is 811. The van der Waals surface area contributed by atoms with Gasteiger partial charge in [-0.3, -0.25) is 0 Å². The van der Waals surface area contributed by atoms with Gasteiger partial charge in [0.25, 0.3) is 0 Å². The maximum atomic E-state index is 13.1. The number of alkyl halides is 3. The number of carbonyl (C=O) groups is 1. The number of nitrogens with zero attached hydrogens (tertiary/aromatic N) is 2. The van der Waals surface area contributed by atoms with Gasteiger partial charge in [0.15, 0.2) is 0 Å². The fourth-order valence-corrected chi connectivity index (χ4v) is 3.19. The van der Waals surface area contributed by atoms with Crippen LogP contribution in [0.15, 0.2) is 18.2 Å². The summed E-state index contributed by atoms with van der Waals surface area (Å²) in [6.45, 7) is 2.26. The SMILES string of the molecule is CN(CCCNC(=O)Nc1cc(C(F)(F)F)ccc1N1CCOCC1)S(C)(=O)=O. The van der Waals surface area contributed by atoms with E-state index in [2.05, 4.69) is 10.6 Å². The molecule has 0 unspecified atom stereocenters. The lowest BCUT2D eigenvalue weighted by Crippen LogP contribution is -2.37. The van der Waals surface area contributed by atoms with Crippen LogP contribution in [0.1, 0.15) is 12.0 Å². The Balaban J connectivity index is 2.03. The zero-order valence-electron chi connectivity index (χ0n) is 16.3. The molecule has 1 aliphatic rings. The van der Waals surface area contributed by atoms with Gasteiger partial charge in [0.2, 0.25) is 10.0 Å². The molecule has 0 atom stereocenters. The average Bonchev–Trinajstić information content (AvgIpc) is 2.64. The van der Waals surface area contributed by atoms with Crippen LogP contribution >= 0.6 is 0 Å². The minimum absolute atomic E-state index is 0.0486. The maximum Gasteiger partial charge on any atom is 0.416 e. The van der Waals surface area contributed by atoms with Crippen LogP contribution in [0, 0.1) is 0 Å². The van der Waals surface area contributed by atoms with Crippen molar-refractivity contribution in [1.82, 2.24) is 9.62 Å². The molecule has 29 heavy (non-hydrogen) atoms. The first kappa shape index (κ1) is 23.2. The van der Waals surface area contributed by atoms with Crippen molar-refractivity contribution in [2.24, 2.45) is 0 Å². The Kier molecular flexibility index (Phi) is 7.72. The van der Waals surface area contributed by atoms with E-state index in [1.54, 1.807) is 0 Å². The van der Waals surface area contributed by atoms with Crippen LogP contribution in [0.3, 0.4) is 0 Å². The molecule has 0 radical (unpaired) electrons. The first-order valence-corrected chi connectivity index (χ1v) is 10.8. The number of amides is 2. The predicted octanol–water partition coefficient (Wildman–Crippen LogP) is 1.95. The van der Waals surface area contributed by atoms with Gasteiger partial charge in [0, 0.05) is 33.2 Å². The molecular formula is C17H25F3N4O4S. The predicted molar refractivity (Wildman–Crippen MR) is 104 cm³/mol. The molecule has 1 saturated heterocycles. The highest BCUT2D eigenvalue weighted by atomic mass is 32.2. The minimum Gasteiger partial charge on any atom is -0.378 e. The number of hydrogen-bond donors (Lipinski definition) is 2. The van der Waals surface area contributed by atoms with Gasteiger partial charge < -0.3 is 20.3 Å². The van der Waals surface area contributed by atoms with Crippen LogP contribution < -0.4 is 15.5 Å². The quantitative estimate of drug-likeness (QED) is 0.635. The minimum atomic E-state index is -4.54. The monoisotopic (exact) mass is 438 g/mol. The third-order valence-electron chi connectivity index (χ3n) is 4.43. The molecular weight excluding hydrogens is 413 g/mol. The zero-order valence-corrected chi connectivity index (χ0v) is 17.1. The average molecular weight is 438 g/mol. The lowest BCUT2D eigenvalue weighted by Gasteiger charge is -2.31. The standard InChI is InChI=1S/C17H25F3N4O4S/c1-23(29(2,26)27)7-3-6-21-16(25)22-14-12-13(17(18,19)20)4-5-15(14)24-8-10-28-11-9-24/h4-5,12H,3,6-11H2,1-2H3,(H2,21,22,25). The molecule has 0 spiro atoms. The fourth-order valence-electron chi connectivity index (χ4n) is 2.73. The normalized spacial score (nSPS) is 15.4. The number of morpholine rings is 1. The molecule has 1 fully saturated rings. The van der Waals surface area contributed by atoms with Gasteiger partial charge in [-0.25, -0.2) is 17.5 Å². The highest BCUT2D eigenvalue weighted by Gasteiger charge is 2.32. The highest BCUT2D eigenvalue weighted by Crippen LogP contribution is 2.35. The molecule has 1 aliphatic heterocycles. The second-order valence-electron chi connectivity index (χ2n) is 6.65. The van der Waals surface area contributed by atoms with Gasteiger partial charge in [-0.05, 0) is 24.6 Å². The molecule has 2 rings (SSSR count). The Morgan fingerprint density at radius 3 is 2.52 bits per heavy atom. The Morgan fingerprint density at radius 2 is 1.93 bits per heavy atom. The third-order valence-corrected chi connectivity index (χ3v) is 5.74. The summed E-state index contributed by atoms with van der Waals surface area (Å²) in [6, 6.07) is 2.56. The second kappa shape index (κ2) is 9.63. The number of sulfonamides is 1. The zero-order chi connectivity index (χ0) is 21.7. The van der Waals surface area contributed by atoms with Crippen molar-refractivity contribution in [3.05, 3.63) is 23.8 Å². The summed E-state index contributed by atoms with van der Waals surface area (Å²) < 4.78 is 68.3. The van der Waals surface area contributed by atoms with E-state index in [9.17, 15) is 26.4 Å². The molecule has 164 valence electrons. The van der Waals surface area contributed by atoms with Crippen LogP contribution in [0.4, 0.5) is 29.3 Å². The fraction of sp³-hybridized carbons (Fsp3) is 0.588. The van der Waals surface area contributed by atoms with Crippen molar-refractivity contribution in [2.75, 3.05) is 62.9 Å². The Morgan fingerprint density at radius 1 is 1.28 bits per heavy atom. The van der Waals surface area contributed by atoms with Crippen LogP contribution in [0.2, 0.25) is 0 Å². The first-order valence-electron chi connectivity index (χ1n) is 8.98. The largest absolute Gasteiger partial charge is 0.416 e. The molecule has 1 aromatic carbocycles. The summed E-state index contributed by atoms with van der Waals surface area (Å²) >= 11 is 0. The van der Waals surface area contributed by atoms with Gasteiger partial charge in [-0.15, -0.1) is 0 Å². The number of nitrogens with one attached hydrogen (secondary N) is 2. The molecule has 1 heterocycles. The number of halogens is 3. The summed E-state index contributed by atoms with van der Waals surface area (Å²) in [7, 11) is -1.88. The number of rotatable bonds is 7. The maximum absolute atomic E-state index is 13.1. The van der Waals surface area contributed by atoms with Crippen molar-refractivity contribution >= 4 is 27.4 Å². The highest BCUT2D eigenvalue weighted by molar-refractivity contribution is 7.88. The first-order chi connectivity index (χ1) is 13.5. The molecule has 0 saturated carbocycles. The van der Waals surface area contributed by atoms with E-state index in [0.717, 1.165) is 22.7 Å². The molecule has 1 aromatic rings. The number of hydrogen-bond acceptors (Lipinski definition) is 5. The lowest BCUT2D eigenvalue weighted by molar-refractivity contribution is -0.137. The molecule has 2 N–H and O–H groups in total. The molecule has 0 aliphatic carbocycles. The van der Waals surface area contributed by atoms with Crippen molar-refractivity contribution in [1.29, 1.82) is 0 Å². The number of benzene rings is 1. The van der Waals surface area contributed by atoms with Crippen LogP contribution in [0.5, 0.6) is 0 Å². The molecule has 8 nitrogen and oxygen atoms in total. The lowest BCUT2D eigenvalue weighted by atomic mass is 10.1. The third kappa shape index (κ3) is 7.05. The topological polar surface area (TPSA) is 91.0 Å². The summed E-state index contributed by atoms with van der Waals surface area (Å²) in [6.07, 6.45) is -3.10. The van der Waals surface area contributed by atoms with E-state index in [1.807, 2.05) is 4.90 Å². The van der Waals surface area contributed by atoms with Gasteiger partial charge in [-0.1, -0.05) is 0 Å². The summed E-state index contributed by atoms with van der Waals surface area (Å²) in [5.74, 6) is 0.